The van der Waals surface area contributed by atoms with Gasteiger partial charge in [0.05, 0.1) is 43.5 Å². The van der Waals surface area contributed by atoms with Crippen molar-refractivity contribution in [1.82, 2.24) is 4.90 Å². The minimum atomic E-state index is -3.33. The summed E-state index contributed by atoms with van der Waals surface area (Å²) in [5.74, 6) is 0.964. The highest BCUT2D eigenvalue weighted by molar-refractivity contribution is 7.92. The van der Waals surface area contributed by atoms with E-state index in [2.05, 4.69) is 4.90 Å². The first-order valence-corrected chi connectivity index (χ1v) is 10.8. The molecule has 4 rings (SSSR count). The van der Waals surface area contributed by atoms with E-state index in [0.717, 1.165) is 49.5 Å². The SMILES string of the molecule is CS(=O)(=O)N1CCOC2(CCN(Cc3ccco3)CC2)c2ccccc21. The largest absolute Gasteiger partial charge is 0.468 e. The molecule has 0 saturated carbocycles. The number of benzene rings is 1. The summed E-state index contributed by atoms with van der Waals surface area (Å²) in [6.45, 7) is 3.32. The summed E-state index contributed by atoms with van der Waals surface area (Å²) < 4.78 is 37.8. The molecule has 0 bridgehead atoms. The lowest BCUT2D eigenvalue weighted by Crippen LogP contribution is -2.43. The number of para-hydroxylation sites is 1. The highest BCUT2D eigenvalue weighted by Gasteiger charge is 2.42. The number of likely N-dealkylation sites (tertiary alicyclic amines) is 1. The molecule has 1 aromatic heterocycles. The molecule has 2 aromatic rings. The zero-order chi connectivity index (χ0) is 18.2. The Kier molecular flexibility index (Phi) is 4.54. The summed E-state index contributed by atoms with van der Waals surface area (Å²) in [4.78, 5) is 2.36. The molecule has 0 aliphatic carbocycles. The number of anilines is 1. The normalized spacial score (nSPS) is 20.7. The van der Waals surface area contributed by atoms with Crippen molar-refractivity contribution in [3.63, 3.8) is 0 Å². The maximum absolute atomic E-state index is 12.3. The van der Waals surface area contributed by atoms with Crippen molar-refractivity contribution in [2.24, 2.45) is 0 Å². The first-order chi connectivity index (χ1) is 12.5. The average Bonchev–Trinajstić information content (AvgIpc) is 3.06. The molecule has 3 heterocycles. The molecule has 2 aliphatic rings. The summed E-state index contributed by atoms with van der Waals surface area (Å²) in [5, 5.41) is 0. The number of furan rings is 1. The molecule has 1 spiro atoms. The number of fused-ring (bicyclic) bond motifs is 2. The molecule has 0 radical (unpaired) electrons. The average molecular weight is 376 g/mol. The molecule has 0 atom stereocenters. The lowest BCUT2D eigenvalue weighted by molar-refractivity contribution is -0.0852. The highest BCUT2D eigenvalue weighted by Crippen LogP contribution is 2.43. The van der Waals surface area contributed by atoms with Gasteiger partial charge in [-0.05, 0) is 31.0 Å². The summed E-state index contributed by atoms with van der Waals surface area (Å²) in [7, 11) is -3.33. The Morgan fingerprint density at radius 3 is 2.54 bits per heavy atom. The smallest absolute Gasteiger partial charge is 0.232 e. The first kappa shape index (κ1) is 17.6. The van der Waals surface area contributed by atoms with Gasteiger partial charge in [0, 0.05) is 18.7 Å². The van der Waals surface area contributed by atoms with Crippen LogP contribution in [0, 0.1) is 0 Å². The van der Waals surface area contributed by atoms with Crippen LogP contribution in [0.2, 0.25) is 0 Å². The second-order valence-corrected chi connectivity index (χ2v) is 8.96. The molecule has 6 nitrogen and oxygen atoms in total. The van der Waals surface area contributed by atoms with E-state index in [0.29, 0.717) is 13.2 Å². The van der Waals surface area contributed by atoms with Crippen molar-refractivity contribution >= 4 is 15.7 Å². The number of ether oxygens (including phenoxy) is 1. The van der Waals surface area contributed by atoms with Crippen LogP contribution in [0.15, 0.2) is 47.1 Å². The van der Waals surface area contributed by atoms with Crippen molar-refractivity contribution in [3.8, 4) is 0 Å². The quantitative estimate of drug-likeness (QED) is 0.824. The number of nitrogens with zero attached hydrogens (tertiary/aromatic N) is 2. The zero-order valence-electron chi connectivity index (χ0n) is 14.9. The van der Waals surface area contributed by atoms with Crippen molar-refractivity contribution in [1.29, 1.82) is 0 Å². The Bertz CT molecular complexity index is 855. The van der Waals surface area contributed by atoms with E-state index in [-0.39, 0.29) is 0 Å². The Morgan fingerprint density at radius 1 is 1.08 bits per heavy atom. The maximum Gasteiger partial charge on any atom is 0.232 e. The van der Waals surface area contributed by atoms with E-state index in [9.17, 15) is 8.42 Å². The van der Waals surface area contributed by atoms with Gasteiger partial charge in [-0.25, -0.2) is 8.42 Å². The molecule has 1 aromatic carbocycles. The van der Waals surface area contributed by atoms with Gasteiger partial charge in [-0.15, -0.1) is 0 Å². The summed E-state index contributed by atoms with van der Waals surface area (Å²) >= 11 is 0. The molecule has 1 saturated heterocycles. The molecule has 0 amide bonds. The molecule has 2 aliphatic heterocycles. The van der Waals surface area contributed by atoms with Gasteiger partial charge in [-0.3, -0.25) is 9.21 Å². The van der Waals surface area contributed by atoms with Crippen LogP contribution >= 0.6 is 0 Å². The van der Waals surface area contributed by atoms with Gasteiger partial charge in [0.1, 0.15) is 5.76 Å². The predicted molar refractivity (Wildman–Crippen MR) is 99.5 cm³/mol. The molecule has 140 valence electrons. The number of rotatable bonds is 3. The number of hydrogen-bond acceptors (Lipinski definition) is 5. The molecule has 26 heavy (non-hydrogen) atoms. The van der Waals surface area contributed by atoms with Crippen LogP contribution in [0.5, 0.6) is 0 Å². The third-order valence-corrected chi connectivity index (χ3v) is 6.54. The van der Waals surface area contributed by atoms with Gasteiger partial charge in [0.2, 0.25) is 10.0 Å². The Hall–Kier alpha value is -1.83. The predicted octanol–water partition coefficient (Wildman–Crippen LogP) is 2.57. The molecule has 1 fully saturated rings. The van der Waals surface area contributed by atoms with Gasteiger partial charge in [0.15, 0.2) is 0 Å². The number of sulfonamides is 1. The van der Waals surface area contributed by atoms with Crippen molar-refractivity contribution in [3.05, 3.63) is 54.0 Å². The standard InChI is InChI=1S/C19H24N2O4S/c1-26(22,23)21-12-14-25-19(17-6-2-3-7-18(17)21)8-10-20(11-9-19)15-16-5-4-13-24-16/h2-7,13H,8-12,14-15H2,1H3. The number of hydrogen-bond donors (Lipinski definition) is 0. The lowest BCUT2D eigenvalue weighted by atomic mass is 9.83. The van der Waals surface area contributed by atoms with Gasteiger partial charge >= 0.3 is 0 Å². The van der Waals surface area contributed by atoms with Crippen molar-refractivity contribution < 1.29 is 17.6 Å². The maximum atomic E-state index is 12.3. The van der Waals surface area contributed by atoms with Gasteiger partial charge in [-0.1, -0.05) is 18.2 Å². The van der Waals surface area contributed by atoms with Gasteiger partial charge < -0.3 is 9.15 Å². The van der Waals surface area contributed by atoms with Gasteiger partial charge in [-0.2, -0.15) is 0 Å². The fraction of sp³-hybridized carbons (Fsp3) is 0.474. The zero-order valence-corrected chi connectivity index (χ0v) is 15.7. The van der Waals surface area contributed by atoms with E-state index in [1.165, 1.54) is 10.6 Å². The third kappa shape index (κ3) is 3.26. The second-order valence-electron chi connectivity index (χ2n) is 7.05. The van der Waals surface area contributed by atoms with Crippen LogP contribution in [0.25, 0.3) is 0 Å². The van der Waals surface area contributed by atoms with E-state index in [1.807, 2.05) is 36.4 Å². The van der Waals surface area contributed by atoms with Crippen LogP contribution in [0.1, 0.15) is 24.2 Å². The van der Waals surface area contributed by atoms with E-state index < -0.39 is 15.6 Å². The van der Waals surface area contributed by atoms with E-state index in [4.69, 9.17) is 9.15 Å². The Balaban J connectivity index is 1.60. The summed E-state index contributed by atoms with van der Waals surface area (Å²) in [5.41, 5.74) is 1.32. The second kappa shape index (κ2) is 6.72. The van der Waals surface area contributed by atoms with Crippen molar-refractivity contribution in [2.75, 3.05) is 36.8 Å². The third-order valence-electron chi connectivity index (χ3n) is 5.36. The fourth-order valence-corrected chi connectivity index (χ4v) is 4.97. The minimum absolute atomic E-state index is 0.355. The van der Waals surface area contributed by atoms with Crippen LogP contribution < -0.4 is 4.31 Å². The number of piperidine rings is 1. The summed E-state index contributed by atoms with van der Waals surface area (Å²) in [6, 6.07) is 11.7. The molecular formula is C19H24N2O4S. The van der Waals surface area contributed by atoms with Crippen LogP contribution in [-0.2, 0) is 26.9 Å². The summed E-state index contributed by atoms with van der Waals surface area (Å²) in [6.07, 6.45) is 4.63. The molecular weight excluding hydrogens is 352 g/mol. The molecule has 7 heteroatoms. The van der Waals surface area contributed by atoms with Crippen molar-refractivity contribution in [2.45, 2.75) is 25.0 Å². The Labute approximate surface area is 154 Å². The van der Waals surface area contributed by atoms with Crippen LogP contribution in [0.4, 0.5) is 5.69 Å². The lowest BCUT2D eigenvalue weighted by Gasteiger charge is -2.41. The molecule has 0 N–H and O–H groups in total. The molecule has 0 unspecified atom stereocenters. The van der Waals surface area contributed by atoms with Crippen LogP contribution in [0.3, 0.4) is 0 Å². The van der Waals surface area contributed by atoms with Gasteiger partial charge in [0.25, 0.3) is 0 Å². The highest BCUT2D eigenvalue weighted by atomic mass is 32.2. The Morgan fingerprint density at radius 2 is 1.85 bits per heavy atom. The minimum Gasteiger partial charge on any atom is -0.468 e. The van der Waals surface area contributed by atoms with Crippen LogP contribution in [-0.4, -0.2) is 45.8 Å². The fourth-order valence-electron chi connectivity index (χ4n) is 4.05. The van der Waals surface area contributed by atoms with E-state index in [1.54, 1.807) is 6.26 Å². The first-order valence-electron chi connectivity index (χ1n) is 8.94. The topological polar surface area (TPSA) is 63.0 Å². The van der Waals surface area contributed by atoms with E-state index >= 15 is 0 Å². The monoisotopic (exact) mass is 376 g/mol.